The molecule has 0 fully saturated rings. The van der Waals surface area contributed by atoms with E-state index in [2.05, 4.69) is 141 Å². The highest BCUT2D eigenvalue weighted by molar-refractivity contribution is 7.45. The highest BCUT2D eigenvalue weighted by Crippen LogP contribution is 2.38. The third-order valence-corrected chi connectivity index (χ3v) is 15.3. The van der Waals surface area contributed by atoms with Crippen molar-refractivity contribution in [2.75, 3.05) is 40.9 Å². The molecule has 0 aliphatic rings. The van der Waals surface area contributed by atoms with Gasteiger partial charge in [0.25, 0.3) is 7.82 Å². The van der Waals surface area contributed by atoms with Gasteiger partial charge in [0.2, 0.25) is 5.91 Å². The number of allylic oxidation sites excluding steroid dienone is 21. The van der Waals surface area contributed by atoms with Gasteiger partial charge in [0.1, 0.15) is 13.2 Å². The molecule has 82 heavy (non-hydrogen) atoms. The van der Waals surface area contributed by atoms with E-state index in [-0.39, 0.29) is 12.5 Å². The van der Waals surface area contributed by atoms with Gasteiger partial charge in [0.15, 0.2) is 0 Å². The van der Waals surface area contributed by atoms with E-state index >= 15 is 0 Å². The van der Waals surface area contributed by atoms with Crippen LogP contribution in [0.25, 0.3) is 0 Å². The van der Waals surface area contributed by atoms with Crippen LogP contribution in [0, 0.1) is 0 Å². The molecule has 0 aromatic carbocycles. The fraction of sp³-hybridized carbons (Fsp3) is 0.685. The van der Waals surface area contributed by atoms with Crippen molar-refractivity contribution in [3.63, 3.8) is 0 Å². The van der Waals surface area contributed by atoms with Gasteiger partial charge in [-0.1, -0.05) is 289 Å². The van der Waals surface area contributed by atoms with Crippen LogP contribution in [0.3, 0.4) is 0 Å². The van der Waals surface area contributed by atoms with Crippen LogP contribution in [0.2, 0.25) is 0 Å². The summed E-state index contributed by atoms with van der Waals surface area (Å²) >= 11 is 0. The average molecular weight is 1160 g/mol. The van der Waals surface area contributed by atoms with Crippen LogP contribution in [-0.4, -0.2) is 68.5 Å². The highest BCUT2D eigenvalue weighted by Gasteiger charge is 2.23. The first-order valence-corrected chi connectivity index (χ1v) is 35.0. The lowest BCUT2D eigenvalue weighted by molar-refractivity contribution is -0.870. The topological polar surface area (TPSA) is 108 Å². The minimum absolute atomic E-state index is 0.0150. The summed E-state index contributed by atoms with van der Waals surface area (Å²) in [6.07, 6.45) is 94.1. The molecule has 470 valence electrons. The Hall–Kier alpha value is -3.36. The minimum atomic E-state index is -4.62. The lowest BCUT2D eigenvalue weighted by Gasteiger charge is -2.29. The number of hydrogen-bond donors (Lipinski definition) is 2. The molecule has 0 radical (unpaired) electrons. The Morgan fingerprint density at radius 1 is 0.439 bits per heavy atom. The number of phosphoric ester groups is 1. The smallest absolute Gasteiger partial charge is 0.268 e. The summed E-state index contributed by atoms with van der Waals surface area (Å²) < 4.78 is 23.4. The molecule has 0 saturated carbocycles. The third kappa shape index (κ3) is 64.2. The van der Waals surface area contributed by atoms with Crippen LogP contribution >= 0.6 is 7.82 Å². The van der Waals surface area contributed by atoms with Gasteiger partial charge < -0.3 is 28.8 Å². The molecule has 8 nitrogen and oxygen atoms in total. The Bertz CT molecular complexity index is 1800. The highest BCUT2D eigenvalue weighted by atomic mass is 31.2. The zero-order valence-electron chi connectivity index (χ0n) is 53.6. The van der Waals surface area contributed by atoms with Gasteiger partial charge in [-0.15, -0.1) is 0 Å². The lowest BCUT2D eigenvalue weighted by atomic mass is 10.0. The maximum Gasteiger partial charge on any atom is 0.268 e. The van der Waals surface area contributed by atoms with E-state index in [1.165, 1.54) is 154 Å². The molecule has 3 atom stereocenters. The Morgan fingerprint density at radius 2 is 0.756 bits per heavy atom. The largest absolute Gasteiger partial charge is 0.756 e. The van der Waals surface area contributed by atoms with Gasteiger partial charge in [0.05, 0.1) is 39.9 Å². The number of nitrogens with one attached hydrogen (secondary N) is 1. The molecule has 9 heteroatoms. The molecule has 0 rings (SSSR count). The normalized spacial score (nSPS) is 14.6. The second-order valence-electron chi connectivity index (χ2n) is 23.4. The van der Waals surface area contributed by atoms with Crippen LogP contribution in [0.5, 0.6) is 0 Å². The number of aliphatic hydroxyl groups excluding tert-OH is 1. The number of hydrogen-bond acceptors (Lipinski definition) is 6. The molecule has 0 aliphatic carbocycles. The van der Waals surface area contributed by atoms with Crippen LogP contribution in [0.1, 0.15) is 271 Å². The maximum absolute atomic E-state index is 13.0. The van der Waals surface area contributed by atoms with E-state index in [0.717, 1.165) is 96.3 Å². The first-order valence-electron chi connectivity index (χ1n) is 33.5. The van der Waals surface area contributed by atoms with E-state index in [0.29, 0.717) is 17.4 Å². The van der Waals surface area contributed by atoms with Crippen LogP contribution in [0.15, 0.2) is 134 Å². The molecule has 0 saturated heterocycles. The van der Waals surface area contributed by atoms with Crippen molar-refractivity contribution in [2.24, 2.45) is 0 Å². The SMILES string of the molecule is CC/C=C\C/C=C\C/C=C\C/C=C\C/C=C\C/C=C\C/C=C\C/C=C\CCCCCCCCCCCCCCC(=O)NC(COP(=O)([O-])OCC[N+](C)(C)C)C(O)/C=C/CC/C=C/CC/C=C/CCCCCCCCCCCCCCC. The quantitative estimate of drug-likeness (QED) is 0.0272. The van der Waals surface area contributed by atoms with Gasteiger partial charge in [-0.3, -0.25) is 9.36 Å². The number of carbonyl (C=O) groups excluding carboxylic acids is 1. The standard InChI is InChI=1S/C73H127N2O6P/c1-6-8-10-12-14-16-18-20-22-24-26-28-30-31-32-33-34-35-36-37-38-39-40-41-42-43-45-47-49-51-53-55-57-59-61-63-65-67-73(77)74-71(70-81-82(78,79)80-69-68-75(3,4)5)72(76)66-64-62-60-58-56-54-52-50-48-46-44-29-27-25-23-21-19-17-15-13-11-9-7-2/h8,10,14,16,20,22,26,28,31-32,34-35,37-38,40-41,48,50,56,58,64,66,71-72,76H,6-7,9,11-13,15,17-19,21,23-25,27,29-30,33,36,39,42-47,49,51-55,57,59-63,65,67-70H2,1-5H3,(H-,74,77,78,79)/b10-8-,16-14-,22-20-,28-26-,32-31-,35-34-,38-37-,41-40-,50-48+,58-56+,66-64+. The summed E-state index contributed by atoms with van der Waals surface area (Å²) in [6.45, 7) is 4.51. The Labute approximate surface area is 506 Å². The molecule has 0 spiro atoms. The summed E-state index contributed by atoms with van der Waals surface area (Å²) in [7, 11) is 1.22. The summed E-state index contributed by atoms with van der Waals surface area (Å²) in [5.74, 6) is -0.217. The first-order chi connectivity index (χ1) is 40.0. The summed E-state index contributed by atoms with van der Waals surface area (Å²) in [6, 6.07) is -0.921. The van der Waals surface area contributed by atoms with Crippen LogP contribution in [0.4, 0.5) is 0 Å². The Morgan fingerprint density at radius 3 is 1.13 bits per heavy atom. The first kappa shape index (κ1) is 78.6. The fourth-order valence-electron chi connectivity index (χ4n) is 9.14. The number of likely N-dealkylation sites (N-methyl/N-ethyl adjacent to an activating group) is 1. The summed E-state index contributed by atoms with van der Waals surface area (Å²) in [4.78, 5) is 25.6. The van der Waals surface area contributed by atoms with Crippen molar-refractivity contribution < 1.29 is 32.9 Å². The van der Waals surface area contributed by atoms with Crippen molar-refractivity contribution in [3.8, 4) is 0 Å². The summed E-state index contributed by atoms with van der Waals surface area (Å²) in [5.41, 5.74) is 0. The van der Waals surface area contributed by atoms with E-state index in [4.69, 9.17) is 9.05 Å². The molecule has 0 bridgehead atoms. The number of quaternary nitrogens is 1. The zero-order chi connectivity index (χ0) is 59.8. The summed E-state index contributed by atoms with van der Waals surface area (Å²) in [5, 5.41) is 13.9. The number of carbonyl (C=O) groups is 1. The van der Waals surface area contributed by atoms with Crippen molar-refractivity contribution in [1.29, 1.82) is 0 Å². The Kier molecular flexibility index (Phi) is 59.6. The molecule has 3 unspecified atom stereocenters. The van der Waals surface area contributed by atoms with Crippen molar-refractivity contribution in [1.82, 2.24) is 5.32 Å². The molecular weight excluding hydrogens is 1030 g/mol. The van der Waals surface area contributed by atoms with Crippen molar-refractivity contribution in [3.05, 3.63) is 134 Å². The number of phosphoric acid groups is 1. The minimum Gasteiger partial charge on any atom is -0.756 e. The van der Waals surface area contributed by atoms with E-state index in [1.807, 2.05) is 27.2 Å². The van der Waals surface area contributed by atoms with Gasteiger partial charge in [-0.25, -0.2) is 0 Å². The van der Waals surface area contributed by atoms with Crippen LogP contribution < -0.4 is 10.2 Å². The molecule has 0 aromatic rings. The van der Waals surface area contributed by atoms with Gasteiger partial charge in [0, 0.05) is 6.42 Å². The zero-order valence-corrected chi connectivity index (χ0v) is 54.5. The van der Waals surface area contributed by atoms with Gasteiger partial charge in [-0.2, -0.15) is 0 Å². The average Bonchev–Trinajstić information content (AvgIpc) is 3.47. The van der Waals surface area contributed by atoms with E-state index < -0.39 is 26.6 Å². The molecular formula is C73H127N2O6P. The van der Waals surface area contributed by atoms with Gasteiger partial charge >= 0.3 is 0 Å². The predicted molar refractivity (Wildman–Crippen MR) is 357 cm³/mol. The van der Waals surface area contributed by atoms with Gasteiger partial charge in [-0.05, 0) is 109 Å². The number of unbranched alkanes of at least 4 members (excludes halogenated alkanes) is 27. The maximum atomic E-state index is 13.0. The monoisotopic (exact) mass is 1160 g/mol. The number of nitrogens with zero attached hydrogens (tertiary/aromatic N) is 1. The predicted octanol–water partition coefficient (Wildman–Crippen LogP) is 20.8. The molecule has 0 aromatic heterocycles. The van der Waals surface area contributed by atoms with E-state index in [9.17, 15) is 19.4 Å². The number of rotatable bonds is 60. The molecule has 0 aliphatic heterocycles. The second kappa shape index (κ2) is 62.2. The van der Waals surface area contributed by atoms with Crippen molar-refractivity contribution in [2.45, 2.75) is 283 Å². The third-order valence-electron chi connectivity index (χ3n) is 14.3. The van der Waals surface area contributed by atoms with Crippen LogP contribution in [-0.2, 0) is 18.4 Å². The number of amides is 1. The Balaban J connectivity index is 4.18. The fourth-order valence-corrected chi connectivity index (χ4v) is 9.87. The molecule has 1 amide bonds. The number of aliphatic hydroxyl groups is 1. The second-order valence-corrected chi connectivity index (χ2v) is 24.8. The van der Waals surface area contributed by atoms with E-state index in [1.54, 1.807) is 6.08 Å². The lowest BCUT2D eigenvalue weighted by Crippen LogP contribution is -2.45. The molecule has 2 N–H and O–H groups in total. The van der Waals surface area contributed by atoms with Crippen molar-refractivity contribution >= 4 is 13.7 Å². The molecule has 0 heterocycles.